The zero-order chi connectivity index (χ0) is 40.1. The van der Waals surface area contributed by atoms with Crippen molar-refractivity contribution >= 4 is 57.2 Å². The summed E-state index contributed by atoms with van der Waals surface area (Å²) < 4.78 is 205. The normalized spacial score (nSPS) is 12.4. The topological polar surface area (TPSA) is 54.4 Å². The average Bonchev–Trinajstić information content (AvgIpc) is 3.11. The minimum Gasteiger partial charge on any atom is -0.281 e. The molecule has 0 saturated heterocycles. The Morgan fingerprint density at radius 3 is 1.41 bits per heavy atom. The molecule has 54 heavy (non-hydrogen) atoms. The Hall–Kier alpha value is -3.43. The van der Waals surface area contributed by atoms with E-state index >= 15 is 17.6 Å². The van der Waals surface area contributed by atoms with Crippen molar-refractivity contribution in [1.29, 1.82) is 0 Å². The van der Waals surface area contributed by atoms with Crippen molar-refractivity contribution in [2.45, 2.75) is 58.6 Å². The Morgan fingerprint density at radius 1 is 0.519 bits per heavy atom. The molecule has 0 unspecified atom stereocenters. The second-order valence-electron chi connectivity index (χ2n) is 11.0. The molecule has 0 heterocycles. The van der Waals surface area contributed by atoms with Crippen LogP contribution in [0, 0.1) is 60.4 Å². The van der Waals surface area contributed by atoms with E-state index in [1.807, 2.05) is 0 Å². The van der Waals surface area contributed by atoms with Crippen LogP contribution < -0.4 is 0 Å². The van der Waals surface area contributed by atoms with Crippen molar-refractivity contribution in [3.05, 3.63) is 124 Å². The lowest BCUT2D eigenvalue weighted by molar-refractivity contribution is -0.0947. The lowest BCUT2D eigenvalue weighted by Crippen LogP contribution is -2.44. The van der Waals surface area contributed by atoms with Crippen LogP contribution in [0.15, 0.2) is 101 Å². The van der Waals surface area contributed by atoms with E-state index in [1.165, 1.54) is 36.4 Å². The fourth-order valence-electron chi connectivity index (χ4n) is 4.51. The first-order valence-corrected chi connectivity index (χ1v) is 19.2. The predicted octanol–water partition coefficient (Wildman–Crippen LogP) is 12.7. The maximum Gasteiger partial charge on any atom is 0.442 e. The summed E-state index contributed by atoms with van der Waals surface area (Å²) in [6.07, 6.45) is 0. The summed E-state index contributed by atoms with van der Waals surface area (Å²) in [5.41, 5.74) is -4.32. The number of rotatable bonds is 11. The Morgan fingerprint density at radius 2 is 0.926 bits per heavy atom. The van der Waals surface area contributed by atoms with Gasteiger partial charge in [0.15, 0.2) is 46.5 Å². The third-order valence-corrected chi connectivity index (χ3v) is 12.7. The highest BCUT2D eigenvalue weighted by molar-refractivity contribution is 8.03. The Labute approximate surface area is 315 Å². The average molecular weight is 863 g/mol. The zero-order valence-electron chi connectivity index (χ0n) is 26.7. The van der Waals surface area contributed by atoms with Crippen LogP contribution in [0.4, 0.5) is 52.7 Å². The van der Waals surface area contributed by atoms with Crippen molar-refractivity contribution < 1.29 is 65.7 Å². The van der Waals surface area contributed by atoms with Gasteiger partial charge in [-0.1, -0.05) is 53.0 Å². The van der Waals surface area contributed by atoms with Crippen LogP contribution >= 0.6 is 47.0 Å². The molecule has 3 nitrogen and oxygen atoms in total. The molecule has 0 atom stereocenters. The minimum atomic E-state index is -6.51. The van der Waals surface area contributed by atoms with Gasteiger partial charge in [0, 0.05) is 34.9 Å². The third-order valence-electron chi connectivity index (χ3n) is 7.30. The molecule has 0 aliphatic rings. The number of benzene rings is 5. The first-order chi connectivity index (χ1) is 25.1. The number of halogens is 12. The second-order valence-corrected chi connectivity index (χ2v) is 17.0. The van der Waals surface area contributed by atoms with E-state index in [0.29, 0.717) is 21.6 Å². The van der Waals surface area contributed by atoms with Gasteiger partial charge >= 0.3 is 20.6 Å². The lowest BCUT2D eigenvalue weighted by Gasteiger charge is -2.24. The highest BCUT2D eigenvalue weighted by atomic mass is 32.2. The van der Waals surface area contributed by atoms with E-state index < -0.39 is 105 Å². The quantitative estimate of drug-likeness (QED) is 0.0614. The van der Waals surface area contributed by atoms with Gasteiger partial charge in [-0.3, -0.25) is 4.55 Å². The third kappa shape index (κ3) is 8.09. The first kappa shape index (κ1) is 41.7. The van der Waals surface area contributed by atoms with Gasteiger partial charge in [-0.2, -0.15) is 26.0 Å². The van der Waals surface area contributed by atoms with Crippen LogP contribution in [-0.2, 0) is 10.1 Å². The summed E-state index contributed by atoms with van der Waals surface area (Å²) in [5, 5.41) is -11.1. The van der Waals surface area contributed by atoms with Gasteiger partial charge in [0.2, 0.25) is 0 Å². The molecule has 5 aromatic rings. The van der Waals surface area contributed by atoms with Crippen LogP contribution in [0.25, 0.3) is 11.1 Å². The first-order valence-electron chi connectivity index (χ1n) is 14.5. The van der Waals surface area contributed by atoms with Crippen LogP contribution in [0.2, 0.25) is 0 Å². The SMILES string of the molecule is Cc1ccc(Sc2cc(Sc3ccc(Sc4c(F)c(F)c(-c5c(F)c(F)c(C)c(F)c5F)c(F)c4F)cc3)ccc2SC(F)(F)C(F)(F)S(=O)(=O)O)cc1. The summed E-state index contributed by atoms with van der Waals surface area (Å²) in [6, 6.07) is 15.4. The molecule has 5 rings (SSSR count). The molecule has 286 valence electrons. The highest BCUT2D eigenvalue weighted by Gasteiger charge is 2.66. The number of aryl methyl sites for hydroxylation is 1. The zero-order valence-corrected chi connectivity index (χ0v) is 30.8. The van der Waals surface area contributed by atoms with Gasteiger partial charge in [0.25, 0.3) is 0 Å². The minimum absolute atomic E-state index is 0.0128. The lowest BCUT2D eigenvalue weighted by atomic mass is 9.99. The molecule has 0 aliphatic heterocycles. The molecule has 0 aromatic heterocycles. The van der Waals surface area contributed by atoms with Crippen molar-refractivity contribution in [2.75, 3.05) is 0 Å². The smallest absolute Gasteiger partial charge is 0.281 e. The van der Waals surface area contributed by atoms with Gasteiger partial charge in [0.05, 0.1) is 16.0 Å². The van der Waals surface area contributed by atoms with Gasteiger partial charge in [-0.25, -0.2) is 35.1 Å². The summed E-state index contributed by atoms with van der Waals surface area (Å²) in [6.45, 7) is 2.41. The van der Waals surface area contributed by atoms with Crippen LogP contribution in [0.5, 0.6) is 0 Å². The van der Waals surface area contributed by atoms with E-state index in [0.717, 1.165) is 35.2 Å². The maximum atomic E-state index is 15.1. The number of hydrogen-bond acceptors (Lipinski definition) is 6. The molecule has 0 bridgehead atoms. The number of thioether (sulfide) groups is 1. The standard InChI is InChI=1S/C34H18F12O3S5/c1-14-3-5-17(6-4-14)51-21-13-19(11-12-20(21)53-33(43,44)34(45,46)54(47,48)49)50-16-7-9-18(10-8-16)52-32-30(41)28(39)23(29(40)31(32)42)22-26(37)24(35)15(2)25(36)27(22)38/h3-13H,1-2H3,(H,47,48,49). The Kier molecular flexibility index (Phi) is 12.1. The summed E-state index contributed by atoms with van der Waals surface area (Å²) in [5.74, 6) is -17.5. The Bertz CT molecular complexity index is 2320. The molecule has 5 aromatic carbocycles. The number of alkyl halides is 4. The van der Waals surface area contributed by atoms with Crippen molar-refractivity contribution in [3.8, 4) is 11.1 Å². The van der Waals surface area contributed by atoms with E-state index in [9.17, 15) is 43.5 Å². The van der Waals surface area contributed by atoms with Gasteiger partial charge < -0.3 is 0 Å². The molecule has 0 saturated carbocycles. The summed E-state index contributed by atoms with van der Waals surface area (Å²) >= 11 is 1.22. The van der Waals surface area contributed by atoms with Crippen LogP contribution in [0.3, 0.4) is 0 Å². The molecular formula is C34H18F12O3S5. The fraction of sp³-hybridized carbons (Fsp3) is 0.118. The Balaban J connectivity index is 1.43. The molecule has 20 heteroatoms. The van der Waals surface area contributed by atoms with E-state index in [1.54, 1.807) is 31.2 Å². The summed E-state index contributed by atoms with van der Waals surface area (Å²) in [4.78, 5) is -0.603. The van der Waals surface area contributed by atoms with Crippen molar-refractivity contribution in [2.24, 2.45) is 0 Å². The molecule has 0 amide bonds. The van der Waals surface area contributed by atoms with Gasteiger partial charge in [-0.05, 0) is 80.2 Å². The molecule has 0 radical (unpaired) electrons. The van der Waals surface area contributed by atoms with Gasteiger partial charge in [-0.15, -0.1) is 0 Å². The van der Waals surface area contributed by atoms with Crippen molar-refractivity contribution in [1.82, 2.24) is 0 Å². The monoisotopic (exact) mass is 862 g/mol. The molecular weight excluding hydrogens is 845 g/mol. The molecule has 0 aliphatic carbocycles. The second kappa shape index (κ2) is 15.6. The fourth-order valence-corrected chi connectivity index (χ4v) is 8.87. The highest BCUT2D eigenvalue weighted by Crippen LogP contribution is 2.52. The van der Waals surface area contributed by atoms with E-state index in [4.69, 9.17) is 4.55 Å². The van der Waals surface area contributed by atoms with Crippen LogP contribution in [-0.4, -0.2) is 23.5 Å². The number of hydrogen-bond donors (Lipinski definition) is 1. The maximum absolute atomic E-state index is 15.1. The molecule has 1 N–H and O–H groups in total. The predicted molar refractivity (Wildman–Crippen MR) is 180 cm³/mol. The van der Waals surface area contributed by atoms with Crippen LogP contribution in [0.1, 0.15) is 11.1 Å². The van der Waals surface area contributed by atoms with Gasteiger partial charge in [0.1, 0.15) is 0 Å². The van der Waals surface area contributed by atoms with E-state index in [-0.39, 0.29) is 21.6 Å². The van der Waals surface area contributed by atoms with Crippen molar-refractivity contribution in [3.63, 3.8) is 0 Å². The molecule has 0 spiro atoms. The largest absolute Gasteiger partial charge is 0.442 e. The summed E-state index contributed by atoms with van der Waals surface area (Å²) in [7, 11) is -6.51. The van der Waals surface area contributed by atoms with E-state index in [2.05, 4.69) is 0 Å². The molecule has 0 fully saturated rings.